The number of carbonyl (C=O) groups is 1. The molecule has 2 fully saturated rings. The SMILES string of the molecule is O=C(c1ccc2ncccc2c1)N1CCCC1c1nc(CCOCC2CC2)no1. The monoisotopic (exact) mass is 392 g/mol. The second kappa shape index (κ2) is 7.91. The molecule has 7 nitrogen and oxygen atoms in total. The van der Waals surface area contributed by atoms with Gasteiger partial charge in [-0.3, -0.25) is 9.78 Å². The highest BCUT2D eigenvalue weighted by atomic mass is 16.5. The minimum Gasteiger partial charge on any atom is -0.381 e. The summed E-state index contributed by atoms with van der Waals surface area (Å²) >= 11 is 0. The molecule has 150 valence electrons. The molecular weight excluding hydrogens is 368 g/mol. The number of likely N-dealkylation sites (tertiary alicyclic amines) is 1. The molecule has 0 radical (unpaired) electrons. The maximum absolute atomic E-state index is 13.2. The summed E-state index contributed by atoms with van der Waals surface area (Å²) in [5.74, 6) is 1.91. The third-order valence-electron chi connectivity index (χ3n) is 5.65. The van der Waals surface area contributed by atoms with Crippen molar-refractivity contribution in [3.8, 4) is 0 Å². The molecule has 0 N–H and O–H groups in total. The molecule has 0 bridgehead atoms. The van der Waals surface area contributed by atoms with E-state index in [4.69, 9.17) is 9.26 Å². The molecule has 1 aliphatic carbocycles. The van der Waals surface area contributed by atoms with Crippen molar-refractivity contribution in [2.24, 2.45) is 5.92 Å². The van der Waals surface area contributed by atoms with Crippen LogP contribution < -0.4 is 0 Å². The van der Waals surface area contributed by atoms with E-state index in [1.165, 1.54) is 12.8 Å². The largest absolute Gasteiger partial charge is 0.381 e. The number of amides is 1. The van der Waals surface area contributed by atoms with Crippen LogP contribution in [0.4, 0.5) is 0 Å². The Morgan fingerprint density at radius 2 is 2.17 bits per heavy atom. The minimum absolute atomic E-state index is 0.00855. The van der Waals surface area contributed by atoms with Crippen LogP contribution in [-0.4, -0.2) is 45.7 Å². The lowest BCUT2D eigenvalue weighted by Gasteiger charge is -2.22. The van der Waals surface area contributed by atoms with Crippen LogP contribution in [-0.2, 0) is 11.2 Å². The lowest BCUT2D eigenvalue weighted by atomic mass is 10.1. The number of nitrogens with zero attached hydrogens (tertiary/aromatic N) is 4. The van der Waals surface area contributed by atoms with Crippen LogP contribution in [0.25, 0.3) is 10.9 Å². The van der Waals surface area contributed by atoms with Gasteiger partial charge in [-0.05, 0) is 55.9 Å². The van der Waals surface area contributed by atoms with Gasteiger partial charge in [-0.2, -0.15) is 4.98 Å². The van der Waals surface area contributed by atoms with E-state index >= 15 is 0 Å². The number of hydrogen-bond donors (Lipinski definition) is 0. The van der Waals surface area contributed by atoms with Crippen molar-refractivity contribution in [2.75, 3.05) is 19.8 Å². The number of hydrogen-bond acceptors (Lipinski definition) is 6. The van der Waals surface area contributed by atoms with E-state index in [1.54, 1.807) is 6.20 Å². The minimum atomic E-state index is -0.166. The third kappa shape index (κ3) is 4.00. The Hall–Kier alpha value is -2.80. The van der Waals surface area contributed by atoms with Crippen molar-refractivity contribution in [1.29, 1.82) is 0 Å². The van der Waals surface area contributed by atoms with Crippen molar-refractivity contribution in [1.82, 2.24) is 20.0 Å². The standard InChI is InChI=1S/C22H24N4O3/c27-22(17-7-8-18-16(13-17)3-1-10-23-18)26-11-2-4-19(26)21-24-20(25-29-21)9-12-28-14-15-5-6-15/h1,3,7-8,10,13,15,19H,2,4-6,9,11-12,14H2. The third-order valence-corrected chi connectivity index (χ3v) is 5.65. The van der Waals surface area contributed by atoms with E-state index < -0.39 is 0 Å². The number of aromatic nitrogens is 3. The number of carbonyl (C=O) groups excluding carboxylic acids is 1. The summed E-state index contributed by atoms with van der Waals surface area (Å²) in [5, 5.41) is 5.05. The predicted octanol–water partition coefficient (Wildman–Crippen LogP) is 3.56. The molecule has 1 aromatic carbocycles. The smallest absolute Gasteiger partial charge is 0.254 e. The molecule has 1 atom stereocenters. The maximum atomic E-state index is 13.2. The summed E-state index contributed by atoms with van der Waals surface area (Å²) in [6, 6.07) is 9.31. The molecule has 5 rings (SSSR count). The van der Waals surface area contributed by atoms with Gasteiger partial charge in [-0.15, -0.1) is 0 Å². The van der Waals surface area contributed by atoms with Crippen LogP contribution in [0.5, 0.6) is 0 Å². The van der Waals surface area contributed by atoms with Gasteiger partial charge >= 0.3 is 0 Å². The number of pyridine rings is 1. The molecule has 1 aliphatic heterocycles. The van der Waals surface area contributed by atoms with Crippen molar-refractivity contribution >= 4 is 16.8 Å². The lowest BCUT2D eigenvalue weighted by Crippen LogP contribution is -2.30. The second-order valence-electron chi connectivity index (χ2n) is 7.88. The zero-order valence-electron chi connectivity index (χ0n) is 16.3. The van der Waals surface area contributed by atoms with Crippen molar-refractivity contribution in [3.05, 3.63) is 53.8 Å². The van der Waals surface area contributed by atoms with Gasteiger partial charge in [-0.1, -0.05) is 11.2 Å². The van der Waals surface area contributed by atoms with Gasteiger partial charge < -0.3 is 14.2 Å². The Balaban J connectivity index is 1.27. The molecule has 1 saturated carbocycles. The van der Waals surface area contributed by atoms with Crippen LogP contribution in [0.15, 0.2) is 41.1 Å². The fourth-order valence-electron chi connectivity index (χ4n) is 3.84. The predicted molar refractivity (Wildman–Crippen MR) is 106 cm³/mol. The van der Waals surface area contributed by atoms with Gasteiger partial charge in [0.25, 0.3) is 5.91 Å². The van der Waals surface area contributed by atoms with E-state index in [0.717, 1.165) is 36.3 Å². The zero-order valence-corrected chi connectivity index (χ0v) is 16.3. The first-order chi connectivity index (χ1) is 14.3. The maximum Gasteiger partial charge on any atom is 0.254 e. The summed E-state index contributed by atoms with van der Waals surface area (Å²) in [5.41, 5.74) is 1.54. The van der Waals surface area contributed by atoms with Gasteiger partial charge in [0, 0.05) is 36.7 Å². The highest BCUT2D eigenvalue weighted by Crippen LogP contribution is 2.33. The highest BCUT2D eigenvalue weighted by Gasteiger charge is 2.34. The van der Waals surface area contributed by atoms with Gasteiger partial charge in [0.1, 0.15) is 6.04 Å². The van der Waals surface area contributed by atoms with Gasteiger partial charge in [0.05, 0.1) is 12.1 Å². The van der Waals surface area contributed by atoms with E-state index in [2.05, 4.69) is 15.1 Å². The molecule has 1 unspecified atom stereocenters. The van der Waals surface area contributed by atoms with Crippen molar-refractivity contribution in [3.63, 3.8) is 0 Å². The van der Waals surface area contributed by atoms with E-state index in [1.807, 2.05) is 35.2 Å². The summed E-state index contributed by atoms with van der Waals surface area (Å²) in [6.07, 6.45) is 6.71. The number of fused-ring (bicyclic) bond motifs is 1. The van der Waals surface area contributed by atoms with E-state index in [0.29, 0.717) is 36.9 Å². The first-order valence-electron chi connectivity index (χ1n) is 10.3. The quantitative estimate of drug-likeness (QED) is 0.572. The normalized spacial score (nSPS) is 19.2. The topological polar surface area (TPSA) is 81.4 Å². The van der Waals surface area contributed by atoms with Crippen LogP contribution >= 0.6 is 0 Å². The van der Waals surface area contributed by atoms with Crippen molar-refractivity contribution < 1.29 is 14.1 Å². The number of rotatable bonds is 7. The number of ether oxygens (including phenoxy) is 1. The lowest BCUT2D eigenvalue weighted by molar-refractivity contribution is 0.0710. The Morgan fingerprint density at radius 3 is 3.07 bits per heavy atom. The van der Waals surface area contributed by atoms with Crippen LogP contribution in [0, 0.1) is 5.92 Å². The van der Waals surface area contributed by atoms with Gasteiger partial charge in [0.2, 0.25) is 5.89 Å². The first kappa shape index (κ1) is 18.2. The Kier molecular flexibility index (Phi) is 4.97. The van der Waals surface area contributed by atoms with Gasteiger partial charge in [0.15, 0.2) is 5.82 Å². The molecule has 7 heteroatoms. The molecule has 1 amide bonds. The number of benzene rings is 1. The van der Waals surface area contributed by atoms with Gasteiger partial charge in [-0.25, -0.2) is 0 Å². The summed E-state index contributed by atoms with van der Waals surface area (Å²) in [7, 11) is 0. The summed E-state index contributed by atoms with van der Waals surface area (Å²) in [6.45, 7) is 2.13. The zero-order chi connectivity index (χ0) is 19.6. The summed E-state index contributed by atoms with van der Waals surface area (Å²) in [4.78, 5) is 23.9. The molecule has 0 spiro atoms. The summed E-state index contributed by atoms with van der Waals surface area (Å²) < 4.78 is 11.2. The molecule has 29 heavy (non-hydrogen) atoms. The highest BCUT2D eigenvalue weighted by molar-refractivity contribution is 5.98. The fourth-order valence-corrected chi connectivity index (χ4v) is 3.84. The second-order valence-corrected chi connectivity index (χ2v) is 7.88. The molecular formula is C22H24N4O3. The Labute approximate surface area is 169 Å². The fraction of sp³-hybridized carbons (Fsp3) is 0.455. The van der Waals surface area contributed by atoms with E-state index in [-0.39, 0.29) is 11.9 Å². The molecule has 2 aliphatic rings. The average molecular weight is 392 g/mol. The average Bonchev–Trinajstić information content (AvgIpc) is 3.25. The van der Waals surface area contributed by atoms with Crippen LogP contribution in [0.3, 0.4) is 0 Å². The Bertz CT molecular complexity index is 1010. The molecule has 3 heterocycles. The first-order valence-corrected chi connectivity index (χ1v) is 10.3. The van der Waals surface area contributed by atoms with Crippen LogP contribution in [0.2, 0.25) is 0 Å². The molecule has 3 aromatic rings. The van der Waals surface area contributed by atoms with Crippen LogP contribution in [0.1, 0.15) is 53.8 Å². The molecule has 2 aromatic heterocycles. The van der Waals surface area contributed by atoms with E-state index in [9.17, 15) is 4.79 Å². The van der Waals surface area contributed by atoms with Crippen molar-refractivity contribution in [2.45, 2.75) is 38.1 Å². The molecule has 1 saturated heterocycles. The Morgan fingerprint density at radius 1 is 1.24 bits per heavy atom.